The summed E-state index contributed by atoms with van der Waals surface area (Å²) in [6.07, 6.45) is 6.19. The summed E-state index contributed by atoms with van der Waals surface area (Å²) in [5.41, 5.74) is 0.125. The van der Waals surface area contributed by atoms with Crippen molar-refractivity contribution >= 4 is 10.0 Å². The molecule has 2 aliphatic rings. The van der Waals surface area contributed by atoms with Crippen LogP contribution in [0, 0.1) is 11.3 Å². The fourth-order valence-electron chi connectivity index (χ4n) is 3.79. The molecule has 0 N–H and O–H groups in total. The molecule has 1 spiro atoms. The lowest BCUT2D eigenvalue weighted by atomic mass is 9.66. The molecule has 1 aromatic rings. The van der Waals surface area contributed by atoms with Crippen molar-refractivity contribution in [1.82, 2.24) is 9.29 Å². The standard InChI is InChI=1S/C17H26N2O4S/c1-2-24(20,21)19-9-5-17(6-10-19)7-11-22-13-15(17)14-23-16-4-3-8-18-12-16/h3-4,8,12,15H,2,5-7,9-11,13-14H2,1H3/t15-/m0/s1. The van der Waals surface area contributed by atoms with Gasteiger partial charge in [0.05, 0.1) is 25.2 Å². The number of ether oxygens (including phenoxy) is 2. The Morgan fingerprint density at radius 3 is 2.83 bits per heavy atom. The van der Waals surface area contributed by atoms with Gasteiger partial charge in [-0.25, -0.2) is 12.7 Å². The normalized spacial score (nSPS) is 24.8. The molecule has 2 fully saturated rings. The van der Waals surface area contributed by atoms with Crippen LogP contribution in [0.2, 0.25) is 0 Å². The zero-order chi connectivity index (χ0) is 17.0. The maximum atomic E-state index is 12.1. The largest absolute Gasteiger partial charge is 0.492 e. The topological polar surface area (TPSA) is 68.7 Å². The van der Waals surface area contributed by atoms with Gasteiger partial charge in [0, 0.05) is 31.8 Å². The van der Waals surface area contributed by atoms with Crippen LogP contribution in [0.25, 0.3) is 0 Å². The van der Waals surface area contributed by atoms with E-state index in [2.05, 4.69) is 4.98 Å². The van der Waals surface area contributed by atoms with Crippen LogP contribution in [0.1, 0.15) is 26.2 Å². The molecule has 6 nitrogen and oxygen atoms in total. The molecule has 0 saturated carbocycles. The predicted octanol–water partition coefficient (Wildman–Crippen LogP) is 1.93. The molecule has 134 valence electrons. The smallest absolute Gasteiger partial charge is 0.213 e. The lowest BCUT2D eigenvalue weighted by molar-refractivity contribution is -0.0787. The lowest BCUT2D eigenvalue weighted by Crippen LogP contribution is -2.51. The zero-order valence-electron chi connectivity index (χ0n) is 14.2. The number of hydrogen-bond acceptors (Lipinski definition) is 5. The van der Waals surface area contributed by atoms with Gasteiger partial charge in [-0.1, -0.05) is 0 Å². The molecule has 2 aliphatic heterocycles. The Labute approximate surface area is 144 Å². The van der Waals surface area contributed by atoms with Crippen LogP contribution in [0.5, 0.6) is 5.75 Å². The van der Waals surface area contributed by atoms with Crippen LogP contribution >= 0.6 is 0 Å². The first-order valence-corrected chi connectivity index (χ1v) is 10.2. The first-order valence-electron chi connectivity index (χ1n) is 8.64. The summed E-state index contributed by atoms with van der Waals surface area (Å²) in [6.45, 7) is 4.95. The minimum absolute atomic E-state index is 0.125. The summed E-state index contributed by atoms with van der Waals surface area (Å²) >= 11 is 0. The highest BCUT2D eigenvalue weighted by atomic mass is 32.2. The molecule has 0 unspecified atom stereocenters. The van der Waals surface area contributed by atoms with Crippen molar-refractivity contribution in [2.45, 2.75) is 26.2 Å². The summed E-state index contributed by atoms with van der Waals surface area (Å²) in [7, 11) is -3.09. The minimum Gasteiger partial charge on any atom is -0.492 e. The molecule has 24 heavy (non-hydrogen) atoms. The Morgan fingerprint density at radius 1 is 1.38 bits per heavy atom. The highest BCUT2D eigenvalue weighted by Gasteiger charge is 2.45. The van der Waals surface area contributed by atoms with E-state index in [1.807, 2.05) is 12.1 Å². The van der Waals surface area contributed by atoms with Gasteiger partial charge in [0.2, 0.25) is 10.0 Å². The van der Waals surface area contributed by atoms with E-state index in [0.717, 1.165) is 31.6 Å². The molecule has 3 rings (SSSR count). The number of rotatable bonds is 5. The van der Waals surface area contributed by atoms with Gasteiger partial charge >= 0.3 is 0 Å². The van der Waals surface area contributed by atoms with E-state index in [0.29, 0.717) is 26.3 Å². The molecule has 0 bridgehead atoms. The average Bonchev–Trinajstić information content (AvgIpc) is 2.62. The van der Waals surface area contributed by atoms with E-state index in [9.17, 15) is 8.42 Å². The van der Waals surface area contributed by atoms with E-state index >= 15 is 0 Å². The van der Waals surface area contributed by atoms with Gasteiger partial charge in [0.15, 0.2) is 0 Å². The second kappa shape index (κ2) is 7.37. The number of hydrogen-bond donors (Lipinski definition) is 0. The Bertz CT molecular complexity index is 627. The highest BCUT2D eigenvalue weighted by molar-refractivity contribution is 7.89. The molecule has 0 amide bonds. The average molecular weight is 354 g/mol. The molecule has 2 saturated heterocycles. The van der Waals surface area contributed by atoms with Crippen LogP contribution in [0.4, 0.5) is 0 Å². The quantitative estimate of drug-likeness (QED) is 0.808. The molecule has 0 aromatic carbocycles. The molecular weight excluding hydrogens is 328 g/mol. The first kappa shape index (κ1) is 17.6. The van der Waals surface area contributed by atoms with E-state index in [1.165, 1.54) is 0 Å². The Balaban J connectivity index is 1.64. The van der Waals surface area contributed by atoms with Crippen molar-refractivity contribution in [2.75, 3.05) is 38.7 Å². The third kappa shape index (κ3) is 3.73. The molecular formula is C17H26N2O4S. The fraction of sp³-hybridized carbons (Fsp3) is 0.706. The molecule has 7 heteroatoms. The Morgan fingerprint density at radius 2 is 2.17 bits per heavy atom. The first-order chi connectivity index (χ1) is 11.6. The van der Waals surface area contributed by atoms with Crippen LogP contribution in [0.3, 0.4) is 0 Å². The van der Waals surface area contributed by atoms with Crippen molar-refractivity contribution in [2.24, 2.45) is 11.3 Å². The molecule has 0 radical (unpaired) electrons. The number of sulfonamides is 1. The van der Waals surface area contributed by atoms with E-state index < -0.39 is 10.0 Å². The summed E-state index contributed by atoms with van der Waals surface area (Å²) in [4.78, 5) is 4.07. The summed E-state index contributed by atoms with van der Waals surface area (Å²) in [5, 5.41) is 0. The van der Waals surface area contributed by atoms with Crippen molar-refractivity contribution in [1.29, 1.82) is 0 Å². The van der Waals surface area contributed by atoms with E-state index in [4.69, 9.17) is 9.47 Å². The van der Waals surface area contributed by atoms with Gasteiger partial charge in [0.25, 0.3) is 0 Å². The number of nitrogens with zero attached hydrogens (tertiary/aromatic N) is 2. The highest BCUT2D eigenvalue weighted by Crippen LogP contribution is 2.45. The third-order valence-electron chi connectivity index (χ3n) is 5.49. The van der Waals surface area contributed by atoms with Crippen LogP contribution in [-0.2, 0) is 14.8 Å². The number of piperidine rings is 1. The maximum Gasteiger partial charge on any atom is 0.213 e. The van der Waals surface area contributed by atoms with Gasteiger partial charge in [-0.2, -0.15) is 0 Å². The minimum atomic E-state index is -3.09. The maximum absolute atomic E-state index is 12.1. The lowest BCUT2D eigenvalue weighted by Gasteiger charge is -2.48. The molecule has 1 atom stereocenters. The van der Waals surface area contributed by atoms with Crippen molar-refractivity contribution in [3.63, 3.8) is 0 Å². The summed E-state index contributed by atoms with van der Waals surface area (Å²) in [5.74, 6) is 1.23. The van der Waals surface area contributed by atoms with Crippen molar-refractivity contribution in [3.05, 3.63) is 24.5 Å². The summed E-state index contributed by atoms with van der Waals surface area (Å²) < 4.78 is 37.4. The van der Waals surface area contributed by atoms with Crippen LogP contribution in [-0.4, -0.2) is 56.4 Å². The van der Waals surface area contributed by atoms with Gasteiger partial charge in [-0.15, -0.1) is 0 Å². The second-order valence-electron chi connectivity index (χ2n) is 6.68. The third-order valence-corrected chi connectivity index (χ3v) is 7.37. The number of aromatic nitrogens is 1. The number of pyridine rings is 1. The predicted molar refractivity (Wildman–Crippen MR) is 91.4 cm³/mol. The molecule has 1 aromatic heterocycles. The Hall–Kier alpha value is -1.18. The van der Waals surface area contributed by atoms with E-state index in [-0.39, 0.29) is 17.1 Å². The van der Waals surface area contributed by atoms with E-state index in [1.54, 1.807) is 23.6 Å². The SMILES string of the molecule is CCS(=O)(=O)N1CCC2(CCOC[C@H]2COc2cccnc2)CC1. The van der Waals surface area contributed by atoms with Crippen molar-refractivity contribution in [3.8, 4) is 5.75 Å². The van der Waals surface area contributed by atoms with Gasteiger partial charge in [-0.3, -0.25) is 4.98 Å². The second-order valence-corrected chi connectivity index (χ2v) is 8.94. The van der Waals surface area contributed by atoms with Gasteiger partial charge in [-0.05, 0) is 43.7 Å². The van der Waals surface area contributed by atoms with Gasteiger partial charge < -0.3 is 9.47 Å². The monoisotopic (exact) mass is 354 g/mol. The van der Waals surface area contributed by atoms with Crippen LogP contribution in [0.15, 0.2) is 24.5 Å². The van der Waals surface area contributed by atoms with Crippen molar-refractivity contribution < 1.29 is 17.9 Å². The zero-order valence-corrected chi connectivity index (χ0v) is 15.0. The van der Waals surface area contributed by atoms with Crippen LogP contribution < -0.4 is 4.74 Å². The summed E-state index contributed by atoms with van der Waals surface area (Å²) in [6, 6.07) is 3.76. The fourth-order valence-corrected chi connectivity index (χ4v) is 4.89. The molecule has 0 aliphatic carbocycles. The van der Waals surface area contributed by atoms with Gasteiger partial charge in [0.1, 0.15) is 5.75 Å². The molecule has 3 heterocycles. The Kier molecular flexibility index (Phi) is 5.42.